The lowest BCUT2D eigenvalue weighted by Gasteiger charge is -2.15. The zero-order valence-electron chi connectivity index (χ0n) is 14.6. The fourth-order valence-corrected chi connectivity index (χ4v) is 3.29. The summed E-state index contributed by atoms with van der Waals surface area (Å²) >= 11 is 0. The van der Waals surface area contributed by atoms with E-state index in [-0.39, 0.29) is 12.3 Å². The lowest BCUT2D eigenvalue weighted by atomic mass is 10.1. The largest absolute Gasteiger partial charge is 0.419 e. The molecule has 1 amide bonds. The molecule has 1 atom stereocenters. The average Bonchev–Trinajstić information content (AvgIpc) is 3.19. The summed E-state index contributed by atoms with van der Waals surface area (Å²) in [6.07, 6.45) is 1.36. The number of fused-ring (bicyclic) bond motifs is 1. The van der Waals surface area contributed by atoms with Gasteiger partial charge in [-0.1, -0.05) is 12.1 Å². The average molecular weight is 347 g/mol. The molecule has 1 fully saturated rings. The summed E-state index contributed by atoms with van der Waals surface area (Å²) in [6, 6.07) is 7.25. The number of likely N-dealkylation sites (tertiary alicyclic amines) is 1. The molecule has 0 bridgehead atoms. The maximum absolute atomic E-state index is 12.1. The minimum atomic E-state index is -0.418. The van der Waals surface area contributed by atoms with Gasteiger partial charge in [0.1, 0.15) is 0 Å². The first kappa shape index (κ1) is 17.7. The Morgan fingerprint density at radius 3 is 3.04 bits per heavy atom. The minimum Gasteiger partial charge on any atom is -0.408 e. The van der Waals surface area contributed by atoms with Crippen molar-refractivity contribution in [3.63, 3.8) is 0 Å². The van der Waals surface area contributed by atoms with E-state index >= 15 is 0 Å². The van der Waals surface area contributed by atoms with Crippen molar-refractivity contribution in [1.29, 1.82) is 0 Å². The Labute approximate surface area is 146 Å². The number of oxazole rings is 1. The van der Waals surface area contributed by atoms with Gasteiger partial charge in [0.2, 0.25) is 5.91 Å². The van der Waals surface area contributed by atoms with E-state index in [1.54, 1.807) is 13.2 Å². The standard InChI is InChI=1S/C18H25N3O4/c1-24-11-10-20-8-6-14(13-20)12-19-17(22)7-9-21-15-4-2-3-5-16(15)25-18(21)23/h2-5,14H,6-13H2,1H3,(H,19,22)/t14-/m1/s1. The van der Waals surface area contributed by atoms with Gasteiger partial charge in [0, 0.05) is 39.7 Å². The number of ether oxygens (including phenoxy) is 1. The number of hydrogen-bond donors (Lipinski definition) is 1. The smallest absolute Gasteiger partial charge is 0.408 e. The molecule has 2 aromatic rings. The molecule has 7 nitrogen and oxygen atoms in total. The number of methoxy groups -OCH3 is 1. The molecular weight excluding hydrogens is 322 g/mol. The quantitative estimate of drug-likeness (QED) is 0.773. The van der Waals surface area contributed by atoms with E-state index in [1.165, 1.54) is 4.57 Å². The summed E-state index contributed by atoms with van der Waals surface area (Å²) in [5, 5.41) is 2.99. The lowest BCUT2D eigenvalue weighted by molar-refractivity contribution is -0.121. The molecule has 0 spiro atoms. The van der Waals surface area contributed by atoms with E-state index in [2.05, 4.69) is 10.2 Å². The zero-order valence-corrected chi connectivity index (χ0v) is 14.6. The maximum atomic E-state index is 12.1. The molecule has 1 saturated heterocycles. The van der Waals surface area contributed by atoms with Gasteiger partial charge in [-0.2, -0.15) is 0 Å². The molecule has 7 heteroatoms. The molecule has 0 aliphatic carbocycles. The topological polar surface area (TPSA) is 76.7 Å². The monoisotopic (exact) mass is 347 g/mol. The fourth-order valence-electron chi connectivity index (χ4n) is 3.29. The predicted octanol–water partition coefficient (Wildman–Crippen LogP) is 1.07. The van der Waals surface area contributed by atoms with Crippen molar-refractivity contribution < 1.29 is 13.9 Å². The van der Waals surface area contributed by atoms with Crippen molar-refractivity contribution in [3.05, 3.63) is 34.8 Å². The van der Waals surface area contributed by atoms with Gasteiger partial charge in [0.15, 0.2) is 5.58 Å². The van der Waals surface area contributed by atoms with Crippen LogP contribution in [0.25, 0.3) is 11.1 Å². The summed E-state index contributed by atoms with van der Waals surface area (Å²) in [7, 11) is 1.71. The Bertz CT molecular complexity index is 767. The first-order valence-corrected chi connectivity index (χ1v) is 8.73. The molecule has 1 N–H and O–H groups in total. The molecule has 0 saturated carbocycles. The SMILES string of the molecule is COCCN1CC[C@H](CNC(=O)CCn2c(=O)oc3ccccc32)C1. The second-order valence-electron chi connectivity index (χ2n) is 6.49. The molecule has 1 aliphatic rings. The first-order valence-electron chi connectivity index (χ1n) is 8.73. The number of hydrogen-bond acceptors (Lipinski definition) is 5. The number of para-hydroxylation sites is 2. The van der Waals surface area contributed by atoms with E-state index in [4.69, 9.17) is 9.15 Å². The number of nitrogens with zero attached hydrogens (tertiary/aromatic N) is 2. The van der Waals surface area contributed by atoms with Gasteiger partial charge in [-0.25, -0.2) is 4.79 Å². The fraction of sp³-hybridized carbons (Fsp3) is 0.556. The summed E-state index contributed by atoms with van der Waals surface area (Å²) in [6.45, 7) is 4.75. The van der Waals surface area contributed by atoms with Crippen LogP contribution >= 0.6 is 0 Å². The number of benzene rings is 1. The van der Waals surface area contributed by atoms with Crippen LogP contribution < -0.4 is 11.1 Å². The third-order valence-corrected chi connectivity index (χ3v) is 4.71. The minimum absolute atomic E-state index is 0.0347. The second-order valence-corrected chi connectivity index (χ2v) is 6.49. The molecule has 136 valence electrons. The van der Waals surface area contributed by atoms with Crippen LogP contribution in [0.3, 0.4) is 0 Å². The third kappa shape index (κ3) is 4.49. The predicted molar refractivity (Wildman–Crippen MR) is 94.5 cm³/mol. The Hall–Kier alpha value is -2.12. The van der Waals surface area contributed by atoms with Crippen molar-refractivity contribution in [2.24, 2.45) is 5.92 Å². The Kier molecular flexibility index (Phi) is 5.88. The van der Waals surface area contributed by atoms with Gasteiger partial charge in [0.25, 0.3) is 0 Å². The van der Waals surface area contributed by atoms with Crippen molar-refractivity contribution in [2.45, 2.75) is 19.4 Å². The highest BCUT2D eigenvalue weighted by Gasteiger charge is 2.22. The molecule has 0 radical (unpaired) electrons. The highest BCUT2D eigenvalue weighted by molar-refractivity contribution is 5.76. The number of aromatic nitrogens is 1. The van der Waals surface area contributed by atoms with Crippen LogP contribution in [0, 0.1) is 5.92 Å². The van der Waals surface area contributed by atoms with Crippen molar-refractivity contribution in [3.8, 4) is 0 Å². The Morgan fingerprint density at radius 1 is 1.36 bits per heavy atom. The van der Waals surface area contributed by atoms with Gasteiger partial charge >= 0.3 is 5.76 Å². The van der Waals surface area contributed by atoms with Gasteiger partial charge < -0.3 is 19.4 Å². The number of amides is 1. The highest BCUT2D eigenvalue weighted by atomic mass is 16.5. The van der Waals surface area contributed by atoms with E-state index in [0.717, 1.165) is 38.2 Å². The van der Waals surface area contributed by atoms with Crippen LogP contribution in [-0.4, -0.2) is 55.3 Å². The third-order valence-electron chi connectivity index (χ3n) is 4.71. The zero-order chi connectivity index (χ0) is 17.6. The molecule has 3 rings (SSSR count). The van der Waals surface area contributed by atoms with Crippen molar-refractivity contribution in [2.75, 3.05) is 39.9 Å². The normalized spacial score (nSPS) is 18.0. The van der Waals surface area contributed by atoms with Crippen molar-refractivity contribution >= 4 is 17.0 Å². The van der Waals surface area contributed by atoms with Crippen LogP contribution in [-0.2, 0) is 16.1 Å². The number of aryl methyl sites for hydroxylation is 1. The van der Waals surface area contributed by atoms with Gasteiger partial charge in [-0.15, -0.1) is 0 Å². The van der Waals surface area contributed by atoms with Crippen LogP contribution in [0.4, 0.5) is 0 Å². The van der Waals surface area contributed by atoms with Crippen LogP contribution in [0.5, 0.6) is 0 Å². The second kappa shape index (κ2) is 8.31. The van der Waals surface area contributed by atoms with E-state index in [9.17, 15) is 9.59 Å². The van der Waals surface area contributed by atoms with Crippen LogP contribution in [0.15, 0.2) is 33.5 Å². The Morgan fingerprint density at radius 2 is 2.20 bits per heavy atom. The molecule has 1 aliphatic heterocycles. The molecule has 25 heavy (non-hydrogen) atoms. The molecule has 1 aromatic carbocycles. The number of carbonyl (C=O) groups is 1. The van der Waals surface area contributed by atoms with E-state index in [0.29, 0.717) is 24.6 Å². The van der Waals surface area contributed by atoms with E-state index < -0.39 is 5.76 Å². The van der Waals surface area contributed by atoms with Crippen molar-refractivity contribution in [1.82, 2.24) is 14.8 Å². The van der Waals surface area contributed by atoms with Gasteiger partial charge in [0.05, 0.1) is 12.1 Å². The number of rotatable bonds is 8. The van der Waals surface area contributed by atoms with Crippen LogP contribution in [0.2, 0.25) is 0 Å². The summed E-state index contributed by atoms with van der Waals surface area (Å²) in [5.41, 5.74) is 1.28. The summed E-state index contributed by atoms with van der Waals surface area (Å²) in [5.74, 6) is 0.0318. The molecule has 0 unspecified atom stereocenters. The van der Waals surface area contributed by atoms with Crippen LogP contribution in [0.1, 0.15) is 12.8 Å². The lowest BCUT2D eigenvalue weighted by Crippen LogP contribution is -2.32. The molecule has 1 aromatic heterocycles. The highest BCUT2D eigenvalue weighted by Crippen LogP contribution is 2.15. The molecule has 2 heterocycles. The van der Waals surface area contributed by atoms with E-state index in [1.807, 2.05) is 18.2 Å². The first-order chi connectivity index (χ1) is 12.2. The Balaban J connectivity index is 1.44. The number of nitrogens with one attached hydrogen (secondary N) is 1. The summed E-state index contributed by atoms with van der Waals surface area (Å²) in [4.78, 5) is 26.4. The molecular formula is C18H25N3O4. The maximum Gasteiger partial charge on any atom is 0.419 e. The summed E-state index contributed by atoms with van der Waals surface area (Å²) < 4.78 is 11.8. The number of carbonyl (C=O) groups excluding carboxylic acids is 1. The van der Waals surface area contributed by atoms with Gasteiger partial charge in [-0.3, -0.25) is 9.36 Å². The van der Waals surface area contributed by atoms with Gasteiger partial charge in [-0.05, 0) is 31.0 Å².